The number of benzene rings is 2. The van der Waals surface area contributed by atoms with Crippen LogP contribution in [0.15, 0.2) is 48.5 Å². The fourth-order valence-corrected chi connectivity index (χ4v) is 2.57. The van der Waals surface area contributed by atoms with Crippen LogP contribution in [0.3, 0.4) is 0 Å². The second-order valence-electron chi connectivity index (χ2n) is 5.62. The largest absolute Gasteiger partial charge is 0.345 e. The van der Waals surface area contributed by atoms with Gasteiger partial charge in [-0.05, 0) is 43.7 Å². The zero-order valence-electron chi connectivity index (χ0n) is 13.2. The average molecular weight is 352 g/mol. The van der Waals surface area contributed by atoms with Crippen molar-refractivity contribution in [2.45, 2.75) is 25.9 Å². The van der Waals surface area contributed by atoms with Crippen LogP contribution in [-0.4, -0.2) is 12.5 Å². The van der Waals surface area contributed by atoms with Crippen molar-refractivity contribution in [3.63, 3.8) is 0 Å². The Bertz CT molecular complexity index is 641. The summed E-state index contributed by atoms with van der Waals surface area (Å²) in [5.74, 6) is 0.00765. The lowest BCUT2D eigenvalue weighted by atomic mass is 10.1. The van der Waals surface area contributed by atoms with E-state index in [1.54, 1.807) is 0 Å². The van der Waals surface area contributed by atoms with Crippen molar-refractivity contribution in [1.29, 1.82) is 0 Å². The van der Waals surface area contributed by atoms with Crippen molar-refractivity contribution in [3.05, 3.63) is 69.7 Å². The summed E-state index contributed by atoms with van der Waals surface area (Å²) in [6.07, 6.45) is 0. The van der Waals surface area contributed by atoms with E-state index in [0.717, 1.165) is 16.1 Å². The molecule has 0 aromatic heterocycles. The molecule has 2 rings (SSSR count). The first-order valence-electron chi connectivity index (χ1n) is 7.59. The van der Waals surface area contributed by atoms with E-state index in [1.807, 2.05) is 60.8 Å². The average Bonchev–Trinajstić information content (AvgIpc) is 2.54. The van der Waals surface area contributed by atoms with Crippen LogP contribution >= 0.6 is 23.2 Å². The minimum atomic E-state index is -0.0426. The van der Waals surface area contributed by atoms with Gasteiger partial charge in [0.15, 0.2) is 6.54 Å². The summed E-state index contributed by atoms with van der Waals surface area (Å²) < 4.78 is 0. The second kappa shape index (κ2) is 8.34. The van der Waals surface area contributed by atoms with Gasteiger partial charge in [0.25, 0.3) is 5.91 Å². The summed E-state index contributed by atoms with van der Waals surface area (Å²) in [4.78, 5) is 12.1. The lowest BCUT2D eigenvalue weighted by molar-refractivity contribution is -0.682. The highest BCUT2D eigenvalue weighted by Crippen LogP contribution is 2.16. The fraction of sp³-hybridized carbons (Fsp3) is 0.278. The number of nitrogens with two attached hydrogens (primary N) is 1. The van der Waals surface area contributed by atoms with Crippen LogP contribution in [0.5, 0.6) is 0 Å². The number of carbonyl (C=O) groups excluding carboxylic acids is 1. The van der Waals surface area contributed by atoms with Crippen LogP contribution in [0.1, 0.15) is 37.1 Å². The van der Waals surface area contributed by atoms with E-state index >= 15 is 0 Å². The number of halogens is 2. The van der Waals surface area contributed by atoms with Crippen molar-refractivity contribution in [3.8, 4) is 0 Å². The molecule has 0 unspecified atom stereocenters. The standard InChI is InChI=1S/C18H20Cl2N2O/c1-12(14-3-7-16(19)8-4-14)21-11-18(23)22-13(2)15-5-9-17(20)10-6-15/h3-10,12-13,21H,11H2,1-2H3,(H,22,23)/p+1/t12-,13+/m1/s1. The molecule has 0 spiro atoms. The summed E-state index contributed by atoms with van der Waals surface area (Å²) >= 11 is 11.8. The maximum Gasteiger partial charge on any atom is 0.275 e. The molecule has 2 atom stereocenters. The molecule has 0 heterocycles. The Kier molecular flexibility index (Phi) is 6.46. The quantitative estimate of drug-likeness (QED) is 0.821. The number of amides is 1. The molecule has 0 fully saturated rings. The summed E-state index contributed by atoms with van der Waals surface area (Å²) in [7, 11) is 0. The molecule has 0 aliphatic carbocycles. The molecular formula is C18H21Cl2N2O+. The van der Waals surface area contributed by atoms with Crippen molar-refractivity contribution >= 4 is 29.1 Å². The first-order chi connectivity index (χ1) is 11.0. The van der Waals surface area contributed by atoms with Gasteiger partial charge in [0, 0.05) is 15.6 Å². The predicted molar refractivity (Wildman–Crippen MR) is 94.7 cm³/mol. The molecule has 0 bridgehead atoms. The Morgan fingerprint density at radius 3 is 1.96 bits per heavy atom. The van der Waals surface area contributed by atoms with Gasteiger partial charge < -0.3 is 10.6 Å². The summed E-state index contributed by atoms with van der Waals surface area (Å²) in [5, 5.41) is 6.41. The summed E-state index contributed by atoms with van der Waals surface area (Å²) in [6.45, 7) is 4.41. The lowest BCUT2D eigenvalue weighted by Crippen LogP contribution is -2.87. The third-order valence-corrected chi connectivity index (χ3v) is 4.30. The Morgan fingerprint density at radius 1 is 0.957 bits per heavy atom. The normalized spacial score (nSPS) is 13.4. The molecule has 122 valence electrons. The smallest absolute Gasteiger partial charge is 0.275 e. The lowest BCUT2D eigenvalue weighted by Gasteiger charge is -2.15. The Labute approximate surface area is 147 Å². The number of carbonyl (C=O) groups is 1. The van der Waals surface area contributed by atoms with Gasteiger partial charge in [-0.15, -0.1) is 0 Å². The number of hydrogen-bond acceptors (Lipinski definition) is 1. The molecule has 2 aromatic carbocycles. The van der Waals surface area contributed by atoms with Crippen LogP contribution < -0.4 is 10.6 Å². The van der Waals surface area contributed by atoms with Crippen molar-refractivity contribution < 1.29 is 10.1 Å². The van der Waals surface area contributed by atoms with Gasteiger partial charge in [-0.2, -0.15) is 0 Å². The van der Waals surface area contributed by atoms with Crippen molar-refractivity contribution in [2.75, 3.05) is 6.54 Å². The van der Waals surface area contributed by atoms with E-state index < -0.39 is 0 Å². The molecule has 0 saturated heterocycles. The van der Waals surface area contributed by atoms with Crippen LogP contribution in [0.4, 0.5) is 0 Å². The van der Waals surface area contributed by atoms with Gasteiger partial charge in [0.1, 0.15) is 6.04 Å². The molecule has 5 heteroatoms. The molecule has 0 aliphatic heterocycles. The minimum Gasteiger partial charge on any atom is -0.345 e. The molecule has 3 nitrogen and oxygen atoms in total. The molecule has 23 heavy (non-hydrogen) atoms. The van der Waals surface area contributed by atoms with Crippen molar-refractivity contribution in [2.24, 2.45) is 0 Å². The third kappa shape index (κ3) is 5.54. The van der Waals surface area contributed by atoms with Crippen LogP contribution in [0.25, 0.3) is 0 Å². The SMILES string of the molecule is C[C@H](NC(=O)C[NH2+][C@H](C)c1ccc(Cl)cc1)c1ccc(Cl)cc1. The Hall–Kier alpha value is -1.55. The maximum absolute atomic E-state index is 12.1. The van der Waals surface area contributed by atoms with E-state index in [1.165, 1.54) is 0 Å². The highest BCUT2D eigenvalue weighted by atomic mass is 35.5. The topological polar surface area (TPSA) is 45.7 Å². The minimum absolute atomic E-state index is 0.00765. The fourth-order valence-electron chi connectivity index (χ4n) is 2.32. The van der Waals surface area contributed by atoms with Crippen LogP contribution in [-0.2, 0) is 4.79 Å². The second-order valence-corrected chi connectivity index (χ2v) is 6.49. The molecule has 0 aliphatic rings. The first-order valence-corrected chi connectivity index (χ1v) is 8.35. The van der Waals surface area contributed by atoms with Crippen LogP contribution in [0.2, 0.25) is 10.0 Å². The first kappa shape index (κ1) is 17.8. The van der Waals surface area contributed by atoms with Gasteiger partial charge in [-0.3, -0.25) is 4.79 Å². The number of hydrogen-bond donors (Lipinski definition) is 2. The highest BCUT2D eigenvalue weighted by molar-refractivity contribution is 6.30. The number of quaternary nitrogens is 1. The third-order valence-electron chi connectivity index (χ3n) is 3.80. The molecule has 0 saturated carbocycles. The van der Waals surface area contributed by atoms with Crippen molar-refractivity contribution in [1.82, 2.24) is 5.32 Å². The molecule has 1 amide bonds. The predicted octanol–water partition coefficient (Wildman–Crippen LogP) is 3.50. The molecular weight excluding hydrogens is 331 g/mol. The number of nitrogens with one attached hydrogen (secondary N) is 1. The monoisotopic (exact) mass is 351 g/mol. The number of rotatable bonds is 6. The summed E-state index contributed by atoms with van der Waals surface area (Å²) in [6, 6.07) is 15.4. The van der Waals surface area contributed by atoms with Gasteiger partial charge in [-0.25, -0.2) is 0 Å². The van der Waals surface area contributed by atoms with E-state index in [2.05, 4.69) is 12.2 Å². The molecule has 2 aromatic rings. The zero-order chi connectivity index (χ0) is 16.8. The highest BCUT2D eigenvalue weighted by Gasteiger charge is 2.14. The Balaban J connectivity index is 1.82. The van der Waals surface area contributed by atoms with Gasteiger partial charge in [-0.1, -0.05) is 47.5 Å². The van der Waals surface area contributed by atoms with Gasteiger partial charge >= 0.3 is 0 Å². The van der Waals surface area contributed by atoms with Gasteiger partial charge in [0.05, 0.1) is 6.04 Å². The zero-order valence-corrected chi connectivity index (χ0v) is 14.7. The molecule has 3 N–H and O–H groups in total. The molecule has 0 radical (unpaired) electrons. The van der Waals surface area contributed by atoms with E-state index in [9.17, 15) is 4.79 Å². The van der Waals surface area contributed by atoms with E-state index in [-0.39, 0.29) is 18.0 Å². The van der Waals surface area contributed by atoms with E-state index in [4.69, 9.17) is 23.2 Å². The van der Waals surface area contributed by atoms with Gasteiger partial charge in [0.2, 0.25) is 0 Å². The Morgan fingerprint density at radius 2 is 1.43 bits per heavy atom. The van der Waals surface area contributed by atoms with Crippen LogP contribution in [0, 0.1) is 0 Å². The summed E-state index contributed by atoms with van der Waals surface area (Å²) in [5.41, 5.74) is 2.18. The maximum atomic E-state index is 12.1. The van der Waals surface area contributed by atoms with E-state index in [0.29, 0.717) is 11.6 Å².